The molecular weight excluding hydrogens is 268 g/mol. The van der Waals surface area contributed by atoms with Crippen molar-refractivity contribution >= 4 is 11.9 Å². The van der Waals surface area contributed by atoms with Crippen LogP contribution in [0.25, 0.3) is 0 Å². The van der Waals surface area contributed by atoms with Gasteiger partial charge in [-0.25, -0.2) is 0 Å². The summed E-state index contributed by atoms with van der Waals surface area (Å²) in [6.07, 6.45) is 3.98. The van der Waals surface area contributed by atoms with Gasteiger partial charge in [0.2, 0.25) is 0 Å². The fraction of sp³-hybridized carbons (Fsp3) is 0.882. The molecule has 0 saturated heterocycles. The first-order chi connectivity index (χ1) is 9.74. The van der Waals surface area contributed by atoms with E-state index in [0.29, 0.717) is 25.6 Å². The second kappa shape index (κ2) is 10.6. The molecule has 0 spiro atoms. The van der Waals surface area contributed by atoms with Crippen molar-refractivity contribution in [2.75, 3.05) is 13.2 Å². The Morgan fingerprint density at radius 3 is 2.10 bits per heavy atom. The van der Waals surface area contributed by atoms with Gasteiger partial charge in [0.1, 0.15) is 0 Å². The molecule has 0 aliphatic heterocycles. The van der Waals surface area contributed by atoms with Crippen molar-refractivity contribution in [3.05, 3.63) is 0 Å². The third-order valence-electron chi connectivity index (χ3n) is 3.01. The van der Waals surface area contributed by atoms with E-state index in [4.69, 9.17) is 9.47 Å². The van der Waals surface area contributed by atoms with Gasteiger partial charge in [-0.2, -0.15) is 0 Å². The Balaban J connectivity index is 3.65. The molecule has 1 unspecified atom stereocenters. The van der Waals surface area contributed by atoms with Crippen LogP contribution in [0.3, 0.4) is 0 Å². The molecule has 124 valence electrons. The van der Waals surface area contributed by atoms with E-state index in [1.807, 2.05) is 6.92 Å². The molecule has 4 heteroatoms. The van der Waals surface area contributed by atoms with Crippen LogP contribution in [0.4, 0.5) is 0 Å². The van der Waals surface area contributed by atoms with Crippen LogP contribution in [0.5, 0.6) is 0 Å². The standard InChI is InChI=1S/C17H32O4/c1-6-7-11-20-15(18)9-8-10-16(19)21-13-14(2)12-17(3,4)5/h14H,6-13H2,1-5H3. The average molecular weight is 300 g/mol. The van der Waals surface area contributed by atoms with Crippen LogP contribution in [-0.4, -0.2) is 25.2 Å². The van der Waals surface area contributed by atoms with Gasteiger partial charge in [-0.3, -0.25) is 9.59 Å². The summed E-state index contributed by atoms with van der Waals surface area (Å²) in [7, 11) is 0. The maximum absolute atomic E-state index is 11.6. The Kier molecular flexibility index (Phi) is 10.1. The molecule has 0 saturated carbocycles. The van der Waals surface area contributed by atoms with Crippen molar-refractivity contribution < 1.29 is 19.1 Å². The van der Waals surface area contributed by atoms with Crippen molar-refractivity contribution in [3.63, 3.8) is 0 Å². The second-order valence-electron chi connectivity index (χ2n) is 6.98. The summed E-state index contributed by atoms with van der Waals surface area (Å²) in [4.78, 5) is 22.9. The summed E-state index contributed by atoms with van der Waals surface area (Å²) < 4.78 is 10.3. The number of hydrogen-bond acceptors (Lipinski definition) is 4. The zero-order chi connectivity index (χ0) is 16.3. The first-order valence-corrected chi connectivity index (χ1v) is 8.06. The summed E-state index contributed by atoms with van der Waals surface area (Å²) in [6, 6.07) is 0. The minimum atomic E-state index is -0.225. The first kappa shape index (κ1) is 19.9. The van der Waals surface area contributed by atoms with Crippen molar-refractivity contribution in [2.45, 2.75) is 73.1 Å². The topological polar surface area (TPSA) is 52.6 Å². The van der Waals surface area contributed by atoms with Crippen LogP contribution < -0.4 is 0 Å². The van der Waals surface area contributed by atoms with Crippen LogP contribution in [0.15, 0.2) is 0 Å². The van der Waals surface area contributed by atoms with Gasteiger partial charge in [0.05, 0.1) is 13.2 Å². The largest absolute Gasteiger partial charge is 0.466 e. The van der Waals surface area contributed by atoms with E-state index in [-0.39, 0.29) is 30.2 Å². The van der Waals surface area contributed by atoms with Crippen LogP contribution in [0, 0.1) is 11.3 Å². The molecule has 0 aliphatic carbocycles. The molecule has 0 N–H and O–H groups in total. The summed E-state index contributed by atoms with van der Waals surface area (Å²) in [5.41, 5.74) is 0.244. The number of hydrogen-bond donors (Lipinski definition) is 0. The molecule has 0 bridgehead atoms. The summed E-state index contributed by atoms with van der Waals surface area (Å²) in [5.74, 6) is -0.0950. The van der Waals surface area contributed by atoms with E-state index in [9.17, 15) is 9.59 Å². The first-order valence-electron chi connectivity index (χ1n) is 8.06. The van der Waals surface area contributed by atoms with Gasteiger partial charge in [0.15, 0.2) is 0 Å². The highest BCUT2D eigenvalue weighted by molar-refractivity contribution is 5.72. The molecule has 0 fully saturated rings. The van der Waals surface area contributed by atoms with Gasteiger partial charge in [0.25, 0.3) is 0 Å². The highest BCUT2D eigenvalue weighted by Crippen LogP contribution is 2.24. The van der Waals surface area contributed by atoms with Crippen molar-refractivity contribution in [3.8, 4) is 0 Å². The Morgan fingerprint density at radius 2 is 1.57 bits per heavy atom. The third-order valence-corrected chi connectivity index (χ3v) is 3.01. The van der Waals surface area contributed by atoms with Crippen LogP contribution >= 0.6 is 0 Å². The number of carbonyl (C=O) groups is 2. The Labute approximate surface area is 129 Å². The molecule has 0 aromatic carbocycles. The van der Waals surface area contributed by atoms with E-state index >= 15 is 0 Å². The van der Waals surface area contributed by atoms with E-state index < -0.39 is 0 Å². The molecule has 0 amide bonds. The predicted octanol–water partition coefficient (Wildman–Crippen LogP) is 4.12. The van der Waals surface area contributed by atoms with Gasteiger partial charge in [-0.05, 0) is 30.6 Å². The second-order valence-corrected chi connectivity index (χ2v) is 6.98. The summed E-state index contributed by atoms with van der Waals surface area (Å²) >= 11 is 0. The molecule has 4 nitrogen and oxygen atoms in total. The van der Waals surface area contributed by atoms with Crippen molar-refractivity contribution in [1.29, 1.82) is 0 Å². The monoisotopic (exact) mass is 300 g/mol. The average Bonchev–Trinajstić information content (AvgIpc) is 2.34. The van der Waals surface area contributed by atoms with Crippen LogP contribution in [0.2, 0.25) is 0 Å². The van der Waals surface area contributed by atoms with Gasteiger partial charge in [-0.1, -0.05) is 41.0 Å². The van der Waals surface area contributed by atoms with Crippen molar-refractivity contribution in [1.82, 2.24) is 0 Å². The molecule has 21 heavy (non-hydrogen) atoms. The van der Waals surface area contributed by atoms with Crippen LogP contribution in [0.1, 0.15) is 73.1 Å². The number of ether oxygens (including phenoxy) is 2. The number of rotatable bonds is 10. The summed E-state index contributed by atoms with van der Waals surface area (Å²) in [5, 5.41) is 0. The Morgan fingerprint density at radius 1 is 1.00 bits per heavy atom. The Hall–Kier alpha value is -1.06. The lowest BCUT2D eigenvalue weighted by atomic mass is 9.86. The minimum Gasteiger partial charge on any atom is -0.466 e. The lowest BCUT2D eigenvalue weighted by Crippen LogP contribution is -2.17. The Bertz CT molecular complexity index is 304. The quantitative estimate of drug-likeness (QED) is 0.450. The fourth-order valence-corrected chi connectivity index (χ4v) is 2.19. The maximum Gasteiger partial charge on any atom is 0.305 e. The smallest absolute Gasteiger partial charge is 0.305 e. The molecule has 0 rings (SSSR count). The fourth-order valence-electron chi connectivity index (χ4n) is 2.19. The predicted molar refractivity (Wildman–Crippen MR) is 83.9 cm³/mol. The van der Waals surface area contributed by atoms with Crippen molar-refractivity contribution in [2.24, 2.45) is 11.3 Å². The van der Waals surface area contributed by atoms with Gasteiger partial charge < -0.3 is 9.47 Å². The number of unbranched alkanes of at least 4 members (excludes halogenated alkanes) is 1. The normalized spacial score (nSPS) is 12.8. The SMILES string of the molecule is CCCCOC(=O)CCCC(=O)OCC(C)CC(C)(C)C. The molecule has 0 aliphatic rings. The van der Waals surface area contributed by atoms with E-state index in [1.165, 1.54) is 0 Å². The highest BCUT2D eigenvalue weighted by Gasteiger charge is 2.16. The molecule has 0 aromatic heterocycles. The minimum absolute atomic E-state index is 0.225. The lowest BCUT2D eigenvalue weighted by molar-refractivity contribution is -0.146. The zero-order valence-electron chi connectivity index (χ0n) is 14.4. The molecular formula is C17H32O4. The van der Waals surface area contributed by atoms with Crippen LogP contribution in [-0.2, 0) is 19.1 Å². The highest BCUT2D eigenvalue weighted by atomic mass is 16.5. The zero-order valence-corrected chi connectivity index (χ0v) is 14.4. The maximum atomic E-state index is 11.6. The van der Waals surface area contributed by atoms with Gasteiger partial charge >= 0.3 is 11.9 Å². The van der Waals surface area contributed by atoms with Gasteiger partial charge in [-0.15, -0.1) is 0 Å². The molecule has 1 atom stereocenters. The van der Waals surface area contributed by atoms with Gasteiger partial charge in [0, 0.05) is 12.8 Å². The molecule has 0 heterocycles. The molecule has 0 radical (unpaired) electrons. The third kappa shape index (κ3) is 13.7. The summed E-state index contributed by atoms with van der Waals surface area (Å²) in [6.45, 7) is 11.6. The van der Waals surface area contributed by atoms with E-state index in [2.05, 4.69) is 27.7 Å². The number of esters is 2. The van der Waals surface area contributed by atoms with E-state index in [1.54, 1.807) is 0 Å². The molecule has 0 aromatic rings. The lowest BCUT2D eigenvalue weighted by Gasteiger charge is -2.22. The van der Waals surface area contributed by atoms with E-state index in [0.717, 1.165) is 19.3 Å². The number of carbonyl (C=O) groups excluding carboxylic acids is 2.